The molecule has 1 aliphatic rings. The van der Waals surface area contributed by atoms with Gasteiger partial charge in [-0.3, -0.25) is 4.79 Å². The highest BCUT2D eigenvalue weighted by Gasteiger charge is 2.36. The van der Waals surface area contributed by atoms with Crippen LogP contribution >= 0.6 is 0 Å². The van der Waals surface area contributed by atoms with Crippen molar-refractivity contribution in [2.24, 2.45) is 5.41 Å². The Balaban J connectivity index is 1.76. The normalized spacial score (nSPS) is 17.6. The summed E-state index contributed by atoms with van der Waals surface area (Å²) >= 11 is 0. The lowest BCUT2D eigenvalue weighted by Gasteiger charge is -2.34. The van der Waals surface area contributed by atoms with Crippen molar-refractivity contribution in [3.05, 3.63) is 65.7 Å². The van der Waals surface area contributed by atoms with Crippen molar-refractivity contribution in [1.82, 2.24) is 14.9 Å². The molecule has 0 spiro atoms. The van der Waals surface area contributed by atoms with E-state index < -0.39 is 39.8 Å². The van der Waals surface area contributed by atoms with Gasteiger partial charge in [0.25, 0.3) is 0 Å². The number of nitrogens with one attached hydrogen (secondary N) is 2. The number of hydrogen-bond donors (Lipinski definition) is 3. The lowest BCUT2D eigenvalue weighted by Crippen LogP contribution is -2.55. The maximum Gasteiger partial charge on any atom is 0.410 e. The number of nitrogens with zero attached hydrogens (tertiary/aromatic N) is 1. The van der Waals surface area contributed by atoms with Crippen molar-refractivity contribution in [2.75, 3.05) is 13.2 Å². The Labute approximate surface area is 225 Å². The smallest absolute Gasteiger partial charge is 0.410 e. The van der Waals surface area contributed by atoms with Crippen LogP contribution in [0.2, 0.25) is 0 Å². The highest BCUT2D eigenvalue weighted by Crippen LogP contribution is 2.26. The fourth-order valence-electron chi connectivity index (χ4n) is 4.13. The molecule has 0 bridgehead atoms. The van der Waals surface area contributed by atoms with Gasteiger partial charge in [0, 0.05) is 13.0 Å². The number of alkyl carbamates (subject to hydrolysis) is 1. The first kappa shape index (κ1) is 29.6. The van der Waals surface area contributed by atoms with Crippen molar-refractivity contribution < 1.29 is 27.9 Å². The number of hydrogen-bond acceptors (Lipinski definition) is 6. The Morgan fingerprint density at radius 2 is 1.71 bits per heavy atom. The van der Waals surface area contributed by atoms with Crippen molar-refractivity contribution in [3.63, 3.8) is 0 Å². The first-order valence-corrected chi connectivity index (χ1v) is 14.4. The number of aliphatic hydroxyl groups excluding tert-OH is 1. The van der Waals surface area contributed by atoms with Crippen LogP contribution < -0.4 is 10.6 Å². The molecule has 0 saturated carbocycles. The van der Waals surface area contributed by atoms with E-state index in [1.54, 1.807) is 32.0 Å². The lowest BCUT2D eigenvalue weighted by molar-refractivity contribution is -0.132. The monoisotopic (exact) mass is 545 g/mol. The van der Waals surface area contributed by atoms with Crippen LogP contribution in [0.3, 0.4) is 0 Å². The Kier molecular flexibility index (Phi) is 9.92. The van der Waals surface area contributed by atoms with Gasteiger partial charge in [-0.2, -0.15) is 4.31 Å². The third-order valence-corrected chi connectivity index (χ3v) is 8.59. The molecular formula is C28H39N3O6S. The number of amides is 2. The second-order valence-corrected chi connectivity index (χ2v) is 12.5. The van der Waals surface area contributed by atoms with E-state index in [2.05, 4.69) is 24.5 Å². The summed E-state index contributed by atoms with van der Waals surface area (Å²) in [5.41, 5.74) is 0.989. The van der Waals surface area contributed by atoms with Crippen molar-refractivity contribution in [2.45, 2.75) is 76.6 Å². The zero-order valence-corrected chi connectivity index (χ0v) is 23.3. The number of aliphatic hydroxyl groups is 1. The third-order valence-electron chi connectivity index (χ3n) is 6.69. The zero-order chi connectivity index (χ0) is 27.9. The van der Waals surface area contributed by atoms with E-state index in [1.165, 1.54) is 22.0 Å². The molecule has 208 valence electrons. The first-order chi connectivity index (χ1) is 17.9. The Bertz CT molecular complexity index is 1180. The summed E-state index contributed by atoms with van der Waals surface area (Å²) in [5.74, 6) is -0.0707. The second kappa shape index (κ2) is 12.7. The molecular weight excluding hydrogens is 506 g/mol. The van der Waals surface area contributed by atoms with Crippen molar-refractivity contribution in [3.8, 4) is 0 Å². The summed E-state index contributed by atoms with van der Waals surface area (Å²) in [4.78, 5) is 25.9. The zero-order valence-electron chi connectivity index (χ0n) is 22.5. The van der Waals surface area contributed by atoms with Crippen LogP contribution in [-0.4, -0.2) is 55.4 Å². The maximum absolute atomic E-state index is 13.2. The second-order valence-electron chi connectivity index (χ2n) is 10.6. The summed E-state index contributed by atoms with van der Waals surface area (Å²) in [6.07, 6.45) is -0.628. The summed E-state index contributed by atoms with van der Waals surface area (Å²) in [6, 6.07) is 15.9. The standard InChI is InChI=1S/C28H39N3O6S/c1-20(2)22-15-13-21(14-16-22)18-24(29-26(33)28(3,4)19-32)30-27(34)37-25-12-8-9-17-31(25)38(35,36)23-10-6-5-7-11-23/h5-7,10-11,13-16,20,24-25,32H,8-9,12,17-19H2,1-4H3,(H,29,33)(H,30,34)/t24-,25-/m0/s1. The number of rotatable bonds is 10. The highest BCUT2D eigenvalue weighted by atomic mass is 32.2. The Morgan fingerprint density at radius 3 is 2.32 bits per heavy atom. The quantitative estimate of drug-likeness (QED) is 0.391. The van der Waals surface area contributed by atoms with Gasteiger partial charge in [0.2, 0.25) is 15.9 Å². The van der Waals surface area contributed by atoms with E-state index in [0.29, 0.717) is 25.2 Å². The molecule has 1 saturated heterocycles. The van der Waals surface area contributed by atoms with E-state index >= 15 is 0 Å². The summed E-state index contributed by atoms with van der Waals surface area (Å²) in [7, 11) is -3.86. The molecule has 1 aliphatic heterocycles. The molecule has 9 nitrogen and oxygen atoms in total. The van der Waals surface area contributed by atoms with Crippen molar-refractivity contribution >= 4 is 22.0 Å². The highest BCUT2D eigenvalue weighted by molar-refractivity contribution is 7.89. The fraction of sp³-hybridized carbons (Fsp3) is 0.500. The number of sulfonamides is 1. The predicted octanol–water partition coefficient (Wildman–Crippen LogP) is 3.74. The van der Waals surface area contributed by atoms with E-state index in [-0.39, 0.29) is 24.5 Å². The lowest BCUT2D eigenvalue weighted by atomic mass is 9.93. The third kappa shape index (κ3) is 7.55. The van der Waals surface area contributed by atoms with Crippen LogP contribution in [-0.2, 0) is 26.0 Å². The van der Waals surface area contributed by atoms with Crippen LogP contribution in [0.1, 0.15) is 64.0 Å². The minimum Gasteiger partial charge on any atom is -0.429 e. The molecule has 2 aromatic rings. The molecule has 38 heavy (non-hydrogen) atoms. The minimum atomic E-state index is -3.86. The Morgan fingerprint density at radius 1 is 1.05 bits per heavy atom. The van der Waals surface area contributed by atoms with Crippen molar-refractivity contribution in [1.29, 1.82) is 0 Å². The summed E-state index contributed by atoms with van der Waals surface area (Å²) in [5, 5.41) is 15.1. The largest absolute Gasteiger partial charge is 0.429 e. The van der Waals surface area contributed by atoms with Gasteiger partial charge in [0.15, 0.2) is 6.23 Å². The number of benzene rings is 2. The minimum absolute atomic E-state index is 0.136. The molecule has 2 aromatic carbocycles. The van der Waals surface area contributed by atoms with Crippen LogP contribution in [0, 0.1) is 5.41 Å². The van der Waals surface area contributed by atoms with Gasteiger partial charge in [0.1, 0.15) is 6.17 Å². The van der Waals surface area contributed by atoms with Gasteiger partial charge >= 0.3 is 6.09 Å². The molecule has 1 heterocycles. The molecule has 2 atom stereocenters. The average Bonchev–Trinajstić information content (AvgIpc) is 2.89. The van der Waals surface area contributed by atoms with Crippen LogP contribution in [0.25, 0.3) is 0 Å². The molecule has 2 amide bonds. The summed E-state index contributed by atoms with van der Waals surface area (Å²) in [6.45, 7) is 7.26. The van der Waals surface area contributed by atoms with E-state index in [1.807, 2.05) is 24.3 Å². The van der Waals surface area contributed by atoms with E-state index in [0.717, 1.165) is 5.56 Å². The van der Waals surface area contributed by atoms with Gasteiger partial charge in [-0.25, -0.2) is 13.2 Å². The van der Waals surface area contributed by atoms with Crippen LogP contribution in [0.15, 0.2) is 59.5 Å². The molecule has 3 N–H and O–H groups in total. The molecule has 10 heteroatoms. The SMILES string of the molecule is CC(C)c1ccc(C[C@H](NC(=O)O[C@H]2CCCCN2S(=O)(=O)c2ccccc2)NC(=O)C(C)(C)CO)cc1. The topological polar surface area (TPSA) is 125 Å². The predicted molar refractivity (Wildman–Crippen MR) is 145 cm³/mol. The number of carbonyl (C=O) groups is 2. The van der Waals surface area contributed by atoms with Gasteiger partial charge in [-0.05, 0) is 62.3 Å². The Hall–Kier alpha value is -2.95. The van der Waals surface area contributed by atoms with Gasteiger partial charge < -0.3 is 20.5 Å². The molecule has 3 rings (SSSR count). The molecule has 0 unspecified atom stereocenters. The molecule has 0 radical (unpaired) electrons. The van der Waals surface area contributed by atoms with Crippen LogP contribution in [0.4, 0.5) is 4.79 Å². The van der Waals surface area contributed by atoms with Gasteiger partial charge in [-0.15, -0.1) is 0 Å². The van der Waals surface area contributed by atoms with Gasteiger partial charge in [-0.1, -0.05) is 56.3 Å². The van der Waals surface area contributed by atoms with Crippen LogP contribution in [0.5, 0.6) is 0 Å². The number of carbonyl (C=O) groups excluding carboxylic acids is 2. The molecule has 0 aliphatic carbocycles. The van der Waals surface area contributed by atoms with E-state index in [4.69, 9.17) is 4.74 Å². The number of ether oxygens (including phenoxy) is 1. The van der Waals surface area contributed by atoms with E-state index in [9.17, 15) is 23.1 Å². The molecule has 1 fully saturated rings. The number of piperidine rings is 1. The van der Waals surface area contributed by atoms with Gasteiger partial charge in [0.05, 0.1) is 16.9 Å². The average molecular weight is 546 g/mol. The maximum atomic E-state index is 13.2. The fourth-order valence-corrected chi connectivity index (χ4v) is 5.73. The molecule has 0 aromatic heterocycles. The summed E-state index contributed by atoms with van der Waals surface area (Å²) < 4.78 is 33.3. The first-order valence-electron chi connectivity index (χ1n) is 13.0.